The molecule has 1 unspecified atom stereocenters. The van der Waals surface area contributed by atoms with Crippen LogP contribution in [0.4, 0.5) is 0 Å². The summed E-state index contributed by atoms with van der Waals surface area (Å²) in [6, 6.07) is 15.8. The molecule has 1 atom stereocenters. The van der Waals surface area contributed by atoms with Crippen molar-refractivity contribution in [1.29, 1.82) is 0 Å². The van der Waals surface area contributed by atoms with Crippen LogP contribution in [0.25, 0.3) is 5.76 Å². The Hall–Kier alpha value is -3.80. The molecule has 1 aromatic heterocycles. The van der Waals surface area contributed by atoms with E-state index in [1.165, 1.54) is 11.2 Å². The second-order valence-corrected chi connectivity index (χ2v) is 8.20. The van der Waals surface area contributed by atoms with Crippen molar-refractivity contribution in [3.05, 3.63) is 94.4 Å². The summed E-state index contributed by atoms with van der Waals surface area (Å²) in [5, 5.41) is 11.3. The number of aliphatic hydroxyl groups excluding tert-OH is 1. The zero-order chi connectivity index (χ0) is 22.2. The Bertz CT molecular complexity index is 1220. The molecule has 6 heteroatoms. The van der Waals surface area contributed by atoms with Gasteiger partial charge in [0.2, 0.25) is 0 Å². The largest absolute Gasteiger partial charge is 0.507 e. The number of amides is 1. The Labute approximate surface area is 185 Å². The van der Waals surface area contributed by atoms with Crippen LogP contribution in [-0.2, 0) is 22.6 Å². The molecule has 6 nitrogen and oxygen atoms in total. The minimum atomic E-state index is -0.715. The molecule has 3 heterocycles. The molecule has 2 aromatic carbocycles. The molecule has 2 aliphatic heterocycles. The fourth-order valence-corrected chi connectivity index (χ4v) is 4.46. The molecular weight excluding hydrogens is 406 g/mol. The summed E-state index contributed by atoms with van der Waals surface area (Å²) in [4.78, 5) is 27.7. The van der Waals surface area contributed by atoms with Crippen molar-refractivity contribution in [2.75, 3.05) is 6.61 Å². The monoisotopic (exact) mass is 429 g/mol. The fraction of sp³-hybridized carbons (Fsp3) is 0.231. The average Bonchev–Trinajstić information content (AvgIpc) is 3.41. The molecule has 0 saturated carbocycles. The van der Waals surface area contributed by atoms with Gasteiger partial charge in [0.05, 0.1) is 31.0 Å². The van der Waals surface area contributed by atoms with Gasteiger partial charge in [-0.1, -0.05) is 29.8 Å². The van der Waals surface area contributed by atoms with Crippen LogP contribution in [-0.4, -0.2) is 28.3 Å². The van der Waals surface area contributed by atoms with Gasteiger partial charge in [-0.25, -0.2) is 0 Å². The van der Waals surface area contributed by atoms with Crippen LogP contribution in [0.15, 0.2) is 70.9 Å². The van der Waals surface area contributed by atoms with Crippen molar-refractivity contribution in [1.82, 2.24) is 4.90 Å². The van der Waals surface area contributed by atoms with E-state index in [4.69, 9.17) is 9.15 Å². The van der Waals surface area contributed by atoms with E-state index in [-0.39, 0.29) is 17.9 Å². The van der Waals surface area contributed by atoms with E-state index < -0.39 is 17.7 Å². The van der Waals surface area contributed by atoms with E-state index in [0.717, 1.165) is 35.3 Å². The van der Waals surface area contributed by atoms with Crippen molar-refractivity contribution in [3.8, 4) is 5.75 Å². The van der Waals surface area contributed by atoms with Gasteiger partial charge >= 0.3 is 0 Å². The van der Waals surface area contributed by atoms with Crippen molar-refractivity contribution < 1.29 is 23.8 Å². The number of aliphatic hydroxyl groups is 1. The van der Waals surface area contributed by atoms with Crippen LogP contribution in [0.2, 0.25) is 0 Å². The number of rotatable bonds is 4. The molecule has 0 radical (unpaired) electrons. The van der Waals surface area contributed by atoms with Crippen LogP contribution in [0.3, 0.4) is 0 Å². The highest BCUT2D eigenvalue weighted by Gasteiger charge is 2.46. The van der Waals surface area contributed by atoms with Crippen LogP contribution >= 0.6 is 0 Å². The van der Waals surface area contributed by atoms with Crippen molar-refractivity contribution in [2.24, 2.45) is 0 Å². The predicted octanol–water partition coefficient (Wildman–Crippen LogP) is 4.53. The van der Waals surface area contributed by atoms with Crippen LogP contribution in [0, 0.1) is 6.92 Å². The maximum atomic E-state index is 13.2. The number of nitrogens with zero attached hydrogens (tertiary/aromatic N) is 1. The smallest absolute Gasteiger partial charge is 0.296 e. The van der Waals surface area contributed by atoms with E-state index >= 15 is 0 Å². The van der Waals surface area contributed by atoms with Crippen LogP contribution in [0.1, 0.15) is 40.5 Å². The number of benzene rings is 2. The maximum Gasteiger partial charge on any atom is 0.296 e. The van der Waals surface area contributed by atoms with Gasteiger partial charge < -0.3 is 19.2 Å². The summed E-state index contributed by atoms with van der Waals surface area (Å²) < 4.78 is 11.1. The Morgan fingerprint density at radius 1 is 1.12 bits per heavy atom. The van der Waals surface area contributed by atoms with E-state index in [1.807, 2.05) is 43.3 Å². The maximum absolute atomic E-state index is 13.2. The molecule has 0 bridgehead atoms. The van der Waals surface area contributed by atoms with Gasteiger partial charge in [-0.3, -0.25) is 9.59 Å². The molecule has 0 aliphatic carbocycles. The average molecular weight is 429 g/mol. The van der Waals surface area contributed by atoms with Crippen LogP contribution in [0.5, 0.6) is 5.75 Å². The standard InChI is InChI=1S/C26H23NO5/c1-16-5-2-6-18(13-16)23-22(25(29)26(30)27(23)15-20-8-4-11-31-20)24(28)19-9-10-21-17(14-19)7-3-12-32-21/h2,4-6,8-11,13-14,23,28H,3,7,12,15H2,1H3/b24-22-. The molecule has 1 N–H and O–H groups in total. The van der Waals surface area contributed by atoms with Gasteiger partial charge in [-0.15, -0.1) is 0 Å². The zero-order valence-electron chi connectivity index (χ0n) is 17.7. The number of hydrogen-bond donors (Lipinski definition) is 1. The molecule has 162 valence electrons. The van der Waals surface area contributed by atoms with Gasteiger partial charge in [-0.05, 0) is 61.2 Å². The fourth-order valence-electron chi connectivity index (χ4n) is 4.46. The zero-order valence-corrected chi connectivity index (χ0v) is 17.7. The number of carbonyl (C=O) groups excluding carboxylic acids is 2. The lowest BCUT2D eigenvalue weighted by Gasteiger charge is -2.25. The van der Waals surface area contributed by atoms with Gasteiger partial charge in [-0.2, -0.15) is 0 Å². The summed E-state index contributed by atoms with van der Waals surface area (Å²) in [5.41, 5.74) is 3.33. The van der Waals surface area contributed by atoms with E-state index in [2.05, 4.69) is 0 Å². The topological polar surface area (TPSA) is 80.0 Å². The molecule has 2 aliphatic rings. The summed E-state index contributed by atoms with van der Waals surface area (Å²) >= 11 is 0. The van der Waals surface area contributed by atoms with Gasteiger partial charge in [0.15, 0.2) is 0 Å². The summed E-state index contributed by atoms with van der Waals surface area (Å²) in [6.45, 7) is 2.75. The number of likely N-dealkylation sites (tertiary alicyclic amines) is 1. The lowest BCUT2D eigenvalue weighted by molar-refractivity contribution is -0.140. The summed E-state index contributed by atoms with van der Waals surface area (Å²) in [6.07, 6.45) is 3.27. The quantitative estimate of drug-likeness (QED) is 0.374. The highest BCUT2D eigenvalue weighted by atomic mass is 16.5. The molecule has 1 amide bonds. The molecule has 3 aromatic rings. The number of carbonyl (C=O) groups is 2. The third-order valence-corrected chi connectivity index (χ3v) is 5.99. The number of furan rings is 1. The Morgan fingerprint density at radius 3 is 2.78 bits per heavy atom. The van der Waals surface area contributed by atoms with Crippen molar-refractivity contribution in [2.45, 2.75) is 32.4 Å². The van der Waals surface area contributed by atoms with Crippen molar-refractivity contribution in [3.63, 3.8) is 0 Å². The molecule has 1 fully saturated rings. The SMILES string of the molecule is Cc1cccc(C2/C(=C(/O)c3ccc4c(c3)CCCO4)C(=O)C(=O)N2Cc2ccco2)c1. The first-order valence-electron chi connectivity index (χ1n) is 10.7. The number of fused-ring (bicyclic) bond motifs is 1. The number of Topliss-reactive ketones (excluding diaryl/α,β-unsaturated/α-hetero) is 1. The number of ether oxygens (including phenoxy) is 1. The molecule has 5 rings (SSSR count). The lowest BCUT2D eigenvalue weighted by atomic mass is 9.93. The third-order valence-electron chi connectivity index (χ3n) is 5.99. The first-order valence-corrected chi connectivity index (χ1v) is 10.7. The second-order valence-electron chi connectivity index (χ2n) is 8.20. The molecule has 0 spiro atoms. The lowest BCUT2D eigenvalue weighted by Crippen LogP contribution is -2.29. The van der Waals surface area contributed by atoms with E-state index in [0.29, 0.717) is 17.9 Å². The molecule has 32 heavy (non-hydrogen) atoms. The normalized spacial score (nSPS) is 19.7. The molecular formula is C26H23NO5. The minimum absolute atomic E-state index is 0.0869. The number of hydrogen-bond acceptors (Lipinski definition) is 5. The summed E-state index contributed by atoms with van der Waals surface area (Å²) in [7, 11) is 0. The second kappa shape index (κ2) is 8.04. The van der Waals surface area contributed by atoms with Crippen LogP contribution < -0.4 is 4.74 Å². The third kappa shape index (κ3) is 3.47. The highest BCUT2D eigenvalue weighted by molar-refractivity contribution is 6.46. The van der Waals surface area contributed by atoms with Gasteiger partial charge in [0.1, 0.15) is 17.3 Å². The molecule has 1 saturated heterocycles. The Balaban J connectivity index is 1.64. The highest BCUT2D eigenvalue weighted by Crippen LogP contribution is 2.41. The Kier molecular flexibility index (Phi) is 5.05. The first kappa shape index (κ1) is 20.1. The summed E-state index contributed by atoms with van der Waals surface area (Å²) in [5.74, 6) is -0.174. The van der Waals surface area contributed by atoms with Gasteiger partial charge in [0, 0.05) is 5.56 Å². The predicted molar refractivity (Wildman–Crippen MR) is 118 cm³/mol. The van der Waals surface area contributed by atoms with E-state index in [9.17, 15) is 14.7 Å². The van der Waals surface area contributed by atoms with Crippen molar-refractivity contribution >= 4 is 17.4 Å². The number of aryl methyl sites for hydroxylation is 2. The minimum Gasteiger partial charge on any atom is -0.507 e. The first-order chi connectivity index (χ1) is 15.5. The Morgan fingerprint density at radius 2 is 2.00 bits per heavy atom. The van der Waals surface area contributed by atoms with Gasteiger partial charge in [0.25, 0.3) is 11.7 Å². The number of ketones is 1. The van der Waals surface area contributed by atoms with E-state index in [1.54, 1.807) is 18.2 Å².